The molecule has 1 aromatic rings. The molecule has 2 rings (SSSR count). The predicted octanol–water partition coefficient (Wildman–Crippen LogP) is 2.28. The van der Waals surface area contributed by atoms with Gasteiger partial charge in [-0.05, 0) is 13.8 Å². The standard InChI is InChI=1S/C14H22N4O2/c1-13(2)8-18(14(13,3)4)12(19)17-11-6-10(7-20-5)15-9-16-11/h6,9H,7-8H2,1-5H3,(H,15,16,17,19). The number of nitrogens with zero attached hydrogens (tertiary/aromatic N) is 3. The fraction of sp³-hybridized carbons (Fsp3) is 0.643. The number of hydrogen-bond donors (Lipinski definition) is 1. The SMILES string of the molecule is COCc1cc(NC(=O)N2CC(C)(C)C2(C)C)ncn1. The first-order valence-electron chi connectivity index (χ1n) is 6.66. The van der Waals surface area contributed by atoms with Crippen molar-refractivity contribution in [1.82, 2.24) is 14.9 Å². The van der Waals surface area contributed by atoms with Gasteiger partial charge in [-0.1, -0.05) is 13.8 Å². The molecular weight excluding hydrogens is 256 g/mol. The first-order chi connectivity index (χ1) is 9.28. The highest BCUT2D eigenvalue weighted by molar-refractivity contribution is 5.89. The fourth-order valence-corrected chi connectivity index (χ4v) is 2.26. The van der Waals surface area contributed by atoms with Crippen LogP contribution in [0.3, 0.4) is 0 Å². The van der Waals surface area contributed by atoms with Crippen LogP contribution in [0.4, 0.5) is 10.6 Å². The van der Waals surface area contributed by atoms with E-state index in [0.717, 1.165) is 12.2 Å². The van der Waals surface area contributed by atoms with Gasteiger partial charge in [0.05, 0.1) is 12.3 Å². The summed E-state index contributed by atoms with van der Waals surface area (Å²) in [7, 11) is 1.60. The van der Waals surface area contributed by atoms with Crippen LogP contribution in [0, 0.1) is 5.41 Å². The minimum Gasteiger partial charge on any atom is -0.378 e. The Kier molecular flexibility index (Phi) is 3.69. The highest BCUT2D eigenvalue weighted by atomic mass is 16.5. The molecule has 0 aliphatic carbocycles. The lowest BCUT2D eigenvalue weighted by Crippen LogP contribution is -2.71. The molecule has 6 nitrogen and oxygen atoms in total. The van der Waals surface area contributed by atoms with Gasteiger partial charge in [-0.25, -0.2) is 14.8 Å². The van der Waals surface area contributed by atoms with Gasteiger partial charge in [0, 0.05) is 30.7 Å². The molecule has 6 heteroatoms. The molecule has 0 radical (unpaired) electrons. The molecule has 1 aliphatic heterocycles. The van der Waals surface area contributed by atoms with Crippen molar-refractivity contribution in [3.05, 3.63) is 18.1 Å². The quantitative estimate of drug-likeness (QED) is 0.921. The van der Waals surface area contributed by atoms with Gasteiger partial charge in [0.1, 0.15) is 12.1 Å². The number of nitrogens with one attached hydrogen (secondary N) is 1. The number of ether oxygens (including phenoxy) is 1. The van der Waals surface area contributed by atoms with Crippen LogP contribution in [-0.4, -0.2) is 40.1 Å². The number of anilines is 1. The summed E-state index contributed by atoms with van der Waals surface area (Å²) in [4.78, 5) is 22.2. The largest absolute Gasteiger partial charge is 0.378 e. The number of amides is 2. The van der Waals surface area contributed by atoms with Crippen molar-refractivity contribution in [2.24, 2.45) is 5.41 Å². The van der Waals surface area contributed by atoms with Crippen molar-refractivity contribution in [1.29, 1.82) is 0 Å². The molecule has 110 valence electrons. The molecule has 1 fully saturated rings. The maximum Gasteiger partial charge on any atom is 0.323 e. The lowest BCUT2D eigenvalue weighted by Gasteiger charge is -2.60. The summed E-state index contributed by atoms with van der Waals surface area (Å²) in [6.45, 7) is 9.62. The number of methoxy groups -OCH3 is 1. The second-order valence-corrected chi connectivity index (χ2v) is 6.29. The monoisotopic (exact) mass is 278 g/mol. The van der Waals surface area contributed by atoms with Gasteiger partial charge in [0.2, 0.25) is 0 Å². The van der Waals surface area contributed by atoms with Crippen LogP contribution in [0.5, 0.6) is 0 Å². The maximum absolute atomic E-state index is 12.3. The van der Waals surface area contributed by atoms with Crippen molar-refractivity contribution in [3.63, 3.8) is 0 Å². The number of likely N-dealkylation sites (tertiary alicyclic amines) is 1. The molecule has 2 amide bonds. The van der Waals surface area contributed by atoms with E-state index in [2.05, 4.69) is 43.0 Å². The predicted molar refractivity (Wildman–Crippen MR) is 76.3 cm³/mol. The van der Waals surface area contributed by atoms with Gasteiger partial charge in [0.15, 0.2) is 0 Å². The number of rotatable bonds is 3. The minimum atomic E-state index is -0.167. The highest BCUT2D eigenvalue weighted by Gasteiger charge is 2.54. The summed E-state index contributed by atoms with van der Waals surface area (Å²) < 4.78 is 5.01. The number of hydrogen-bond acceptors (Lipinski definition) is 4. The molecule has 0 aromatic carbocycles. The number of carbonyl (C=O) groups is 1. The summed E-state index contributed by atoms with van der Waals surface area (Å²) in [5.74, 6) is 0.498. The summed E-state index contributed by atoms with van der Waals surface area (Å²) in [5.41, 5.74) is 0.692. The molecule has 0 spiro atoms. The van der Waals surface area contributed by atoms with Crippen LogP contribution in [0.1, 0.15) is 33.4 Å². The number of urea groups is 1. The van der Waals surface area contributed by atoms with Gasteiger partial charge < -0.3 is 9.64 Å². The van der Waals surface area contributed by atoms with Crippen LogP contribution >= 0.6 is 0 Å². The third-order valence-corrected chi connectivity index (χ3v) is 4.38. The summed E-state index contributed by atoms with van der Waals surface area (Å²) in [5, 5.41) is 2.82. The smallest absolute Gasteiger partial charge is 0.323 e. The Balaban J connectivity index is 2.04. The van der Waals surface area contributed by atoms with Crippen LogP contribution in [-0.2, 0) is 11.3 Å². The Morgan fingerprint density at radius 1 is 1.40 bits per heavy atom. The molecule has 0 saturated carbocycles. The van der Waals surface area contributed by atoms with E-state index in [4.69, 9.17) is 4.74 Å². The summed E-state index contributed by atoms with van der Waals surface area (Å²) in [6, 6.07) is 1.59. The first-order valence-corrected chi connectivity index (χ1v) is 6.66. The van der Waals surface area contributed by atoms with Crippen LogP contribution in [0.15, 0.2) is 12.4 Å². The van der Waals surface area contributed by atoms with E-state index in [1.54, 1.807) is 13.2 Å². The zero-order valence-corrected chi connectivity index (χ0v) is 12.7. The van der Waals surface area contributed by atoms with Gasteiger partial charge in [-0.2, -0.15) is 0 Å². The Labute approximate surface area is 119 Å². The van der Waals surface area contributed by atoms with E-state index in [1.165, 1.54) is 6.33 Å². The zero-order chi connectivity index (χ0) is 15.0. The van der Waals surface area contributed by atoms with Gasteiger partial charge in [-0.3, -0.25) is 5.32 Å². The average Bonchev–Trinajstić information content (AvgIpc) is 2.36. The molecule has 1 aromatic heterocycles. The number of aromatic nitrogens is 2. The lowest BCUT2D eigenvalue weighted by molar-refractivity contribution is -0.0770. The van der Waals surface area contributed by atoms with Gasteiger partial charge in [0.25, 0.3) is 0 Å². The van der Waals surface area contributed by atoms with Crippen molar-refractivity contribution < 1.29 is 9.53 Å². The molecule has 1 N–H and O–H groups in total. The third-order valence-electron chi connectivity index (χ3n) is 4.38. The number of carbonyl (C=O) groups excluding carboxylic acids is 1. The van der Waals surface area contributed by atoms with E-state index in [-0.39, 0.29) is 17.0 Å². The van der Waals surface area contributed by atoms with Crippen LogP contribution in [0.2, 0.25) is 0 Å². The van der Waals surface area contributed by atoms with Crippen molar-refractivity contribution in [3.8, 4) is 0 Å². The van der Waals surface area contributed by atoms with E-state index in [0.29, 0.717) is 12.4 Å². The average molecular weight is 278 g/mol. The molecule has 1 aliphatic rings. The van der Waals surface area contributed by atoms with Crippen LogP contribution in [0.25, 0.3) is 0 Å². The summed E-state index contributed by atoms with van der Waals surface area (Å²) in [6.07, 6.45) is 1.43. The fourth-order valence-electron chi connectivity index (χ4n) is 2.26. The molecule has 0 bridgehead atoms. The molecular formula is C14H22N4O2. The van der Waals surface area contributed by atoms with E-state index in [1.807, 2.05) is 4.90 Å². The molecule has 1 saturated heterocycles. The topological polar surface area (TPSA) is 67.3 Å². The second-order valence-electron chi connectivity index (χ2n) is 6.29. The Morgan fingerprint density at radius 2 is 2.10 bits per heavy atom. The Morgan fingerprint density at radius 3 is 2.65 bits per heavy atom. The Bertz CT molecular complexity index is 514. The van der Waals surface area contributed by atoms with Crippen molar-refractivity contribution in [2.45, 2.75) is 39.8 Å². The molecule has 0 unspecified atom stereocenters. The third kappa shape index (κ3) is 2.47. The van der Waals surface area contributed by atoms with Gasteiger partial charge >= 0.3 is 6.03 Å². The maximum atomic E-state index is 12.3. The first kappa shape index (κ1) is 14.7. The molecule has 2 heterocycles. The van der Waals surface area contributed by atoms with Crippen molar-refractivity contribution in [2.75, 3.05) is 19.0 Å². The molecule has 20 heavy (non-hydrogen) atoms. The highest BCUT2D eigenvalue weighted by Crippen LogP contribution is 2.46. The van der Waals surface area contributed by atoms with E-state index >= 15 is 0 Å². The van der Waals surface area contributed by atoms with Gasteiger partial charge in [-0.15, -0.1) is 0 Å². The van der Waals surface area contributed by atoms with E-state index in [9.17, 15) is 4.79 Å². The van der Waals surface area contributed by atoms with Crippen molar-refractivity contribution >= 4 is 11.8 Å². The summed E-state index contributed by atoms with van der Waals surface area (Å²) >= 11 is 0. The second kappa shape index (κ2) is 5.01. The zero-order valence-electron chi connectivity index (χ0n) is 12.7. The van der Waals surface area contributed by atoms with E-state index < -0.39 is 0 Å². The normalized spacial score (nSPS) is 19.4. The minimum absolute atomic E-state index is 0.122. The van der Waals surface area contributed by atoms with Crippen LogP contribution < -0.4 is 5.32 Å². The molecule has 0 atom stereocenters. The lowest BCUT2D eigenvalue weighted by atomic mass is 9.65. The Hall–Kier alpha value is -1.69.